The maximum atomic E-state index is 12.6. The number of H-pyrrole nitrogens is 1. The van der Waals surface area contributed by atoms with E-state index in [1.807, 2.05) is 44.2 Å². The number of carbonyl (C=O) groups is 2. The maximum Gasteiger partial charge on any atom is 0.310 e. The van der Waals surface area contributed by atoms with Gasteiger partial charge in [0.1, 0.15) is 11.5 Å². The number of morpholine rings is 1. The Bertz CT molecular complexity index is 1170. The van der Waals surface area contributed by atoms with Crippen LogP contribution in [0.5, 0.6) is 11.5 Å². The number of esters is 1. The molecule has 0 atom stereocenters. The van der Waals surface area contributed by atoms with Crippen LogP contribution in [0.25, 0.3) is 10.9 Å². The van der Waals surface area contributed by atoms with E-state index in [0.29, 0.717) is 43.6 Å². The first-order valence-corrected chi connectivity index (χ1v) is 11.9. The zero-order valence-electron chi connectivity index (χ0n) is 20.1. The number of amides is 1. The summed E-state index contributed by atoms with van der Waals surface area (Å²) in [4.78, 5) is 30.3. The van der Waals surface area contributed by atoms with E-state index >= 15 is 0 Å². The summed E-state index contributed by atoms with van der Waals surface area (Å²) in [5.41, 5.74) is 3.12. The number of hydrogen-bond donors (Lipinski definition) is 2. The number of ether oxygens (including phenoxy) is 4. The lowest BCUT2D eigenvalue weighted by Gasteiger charge is -2.31. The van der Waals surface area contributed by atoms with Gasteiger partial charge in [0.05, 0.1) is 44.2 Å². The van der Waals surface area contributed by atoms with Gasteiger partial charge in [0.15, 0.2) is 6.61 Å². The number of para-hydroxylation sites is 1. The van der Waals surface area contributed by atoms with Crippen molar-refractivity contribution in [2.45, 2.75) is 20.3 Å². The highest BCUT2D eigenvalue weighted by Crippen LogP contribution is 2.39. The van der Waals surface area contributed by atoms with E-state index in [9.17, 15) is 9.59 Å². The molecule has 4 rings (SSSR count). The van der Waals surface area contributed by atoms with E-state index in [0.717, 1.165) is 35.2 Å². The molecule has 1 aromatic heterocycles. The van der Waals surface area contributed by atoms with Crippen molar-refractivity contribution in [3.05, 3.63) is 48.2 Å². The quantitative estimate of drug-likeness (QED) is 0.427. The molecule has 1 fully saturated rings. The van der Waals surface area contributed by atoms with E-state index < -0.39 is 18.5 Å². The highest BCUT2D eigenvalue weighted by molar-refractivity contribution is 5.95. The Morgan fingerprint density at radius 2 is 1.80 bits per heavy atom. The molecule has 1 amide bonds. The number of nitrogens with one attached hydrogen (secondary N) is 2. The van der Waals surface area contributed by atoms with Gasteiger partial charge in [0.25, 0.3) is 5.91 Å². The van der Waals surface area contributed by atoms with Crippen LogP contribution in [0.3, 0.4) is 0 Å². The van der Waals surface area contributed by atoms with Gasteiger partial charge in [-0.3, -0.25) is 9.59 Å². The lowest BCUT2D eigenvalue weighted by molar-refractivity contribution is -0.146. The van der Waals surface area contributed by atoms with E-state index in [1.54, 1.807) is 12.3 Å². The third-order valence-electron chi connectivity index (χ3n) is 5.66. The van der Waals surface area contributed by atoms with Crippen molar-refractivity contribution in [1.29, 1.82) is 0 Å². The zero-order valence-corrected chi connectivity index (χ0v) is 20.1. The molecule has 0 saturated carbocycles. The van der Waals surface area contributed by atoms with Crippen LogP contribution in [0.2, 0.25) is 0 Å². The van der Waals surface area contributed by atoms with Gasteiger partial charge in [0.2, 0.25) is 0 Å². The molecule has 186 valence electrons. The smallest absolute Gasteiger partial charge is 0.310 e. The normalized spacial score (nSPS) is 13.5. The number of aromatic nitrogens is 1. The molecule has 2 N–H and O–H groups in total. The van der Waals surface area contributed by atoms with Crippen molar-refractivity contribution < 1.29 is 28.5 Å². The van der Waals surface area contributed by atoms with Gasteiger partial charge in [-0.25, -0.2) is 0 Å². The Morgan fingerprint density at radius 3 is 2.57 bits per heavy atom. The molecule has 1 saturated heterocycles. The number of hydrogen-bond acceptors (Lipinski definition) is 7. The summed E-state index contributed by atoms with van der Waals surface area (Å²) in [5.74, 6) is 0.229. The molecule has 2 heterocycles. The molecule has 0 unspecified atom stereocenters. The van der Waals surface area contributed by atoms with Crippen molar-refractivity contribution in [2.75, 3.05) is 56.3 Å². The Kier molecular flexibility index (Phi) is 8.10. The van der Waals surface area contributed by atoms with E-state index in [1.165, 1.54) is 0 Å². The van der Waals surface area contributed by atoms with Crippen LogP contribution in [0.4, 0.5) is 11.4 Å². The number of rotatable bonds is 10. The molecule has 1 aliphatic rings. The average molecular weight is 482 g/mol. The molecule has 0 bridgehead atoms. The molecule has 35 heavy (non-hydrogen) atoms. The van der Waals surface area contributed by atoms with Gasteiger partial charge in [-0.15, -0.1) is 0 Å². The van der Waals surface area contributed by atoms with E-state index in [4.69, 9.17) is 18.9 Å². The van der Waals surface area contributed by atoms with Crippen molar-refractivity contribution in [3.8, 4) is 11.5 Å². The number of benzene rings is 2. The molecular formula is C26H31N3O6. The molecule has 0 radical (unpaired) electrons. The molecule has 1 aliphatic heterocycles. The third-order valence-corrected chi connectivity index (χ3v) is 5.66. The predicted octanol–water partition coefficient (Wildman–Crippen LogP) is 3.53. The number of fused-ring (bicyclic) bond motifs is 1. The fourth-order valence-electron chi connectivity index (χ4n) is 4.06. The van der Waals surface area contributed by atoms with Crippen molar-refractivity contribution in [2.24, 2.45) is 0 Å². The summed E-state index contributed by atoms with van der Waals surface area (Å²) < 4.78 is 22.4. The Morgan fingerprint density at radius 1 is 1.06 bits per heavy atom. The number of anilines is 2. The molecular weight excluding hydrogens is 450 g/mol. The Balaban J connectivity index is 1.42. The van der Waals surface area contributed by atoms with Crippen molar-refractivity contribution in [1.82, 2.24) is 4.98 Å². The minimum Gasteiger partial charge on any atom is -0.492 e. The van der Waals surface area contributed by atoms with Crippen LogP contribution in [0, 0.1) is 0 Å². The largest absolute Gasteiger partial charge is 0.492 e. The molecule has 9 nitrogen and oxygen atoms in total. The second kappa shape index (κ2) is 11.6. The average Bonchev–Trinajstić information content (AvgIpc) is 3.28. The summed E-state index contributed by atoms with van der Waals surface area (Å²) in [6, 6.07) is 11.3. The van der Waals surface area contributed by atoms with Crippen LogP contribution >= 0.6 is 0 Å². The molecule has 0 aliphatic carbocycles. The Hall–Kier alpha value is -3.72. The first-order valence-electron chi connectivity index (χ1n) is 11.9. The maximum absolute atomic E-state index is 12.6. The third kappa shape index (κ3) is 6.05. The minimum absolute atomic E-state index is 0.0736. The first-order chi connectivity index (χ1) is 17.1. The van der Waals surface area contributed by atoms with Crippen molar-refractivity contribution in [3.63, 3.8) is 0 Å². The van der Waals surface area contributed by atoms with E-state index in [2.05, 4.69) is 15.2 Å². The molecule has 2 aromatic carbocycles. The summed E-state index contributed by atoms with van der Waals surface area (Å²) in [7, 11) is 0. The first kappa shape index (κ1) is 24.4. The highest BCUT2D eigenvalue weighted by atomic mass is 16.5. The van der Waals surface area contributed by atoms with Crippen LogP contribution in [0.1, 0.15) is 19.4 Å². The van der Waals surface area contributed by atoms with Gasteiger partial charge < -0.3 is 34.1 Å². The van der Waals surface area contributed by atoms with Crippen LogP contribution in [-0.2, 0) is 25.5 Å². The van der Waals surface area contributed by atoms with Crippen LogP contribution in [0.15, 0.2) is 42.6 Å². The molecule has 9 heteroatoms. The second-order valence-corrected chi connectivity index (χ2v) is 8.03. The summed E-state index contributed by atoms with van der Waals surface area (Å²) in [5, 5.41) is 3.76. The second-order valence-electron chi connectivity index (χ2n) is 8.03. The topological polar surface area (TPSA) is 102 Å². The number of aromatic amines is 1. The number of carbonyl (C=O) groups excluding carboxylic acids is 2. The SMILES string of the molecule is CCOc1cc(N2CCOCC2)c(OCC)cc1NC(=O)COC(=O)Cc1c[nH]c2ccccc12. The van der Waals surface area contributed by atoms with Gasteiger partial charge in [-0.05, 0) is 25.5 Å². The monoisotopic (exact) mass is 481 g/mol. The number of nitrogens with zero attached hydrogens (tertiary/aromatic N) is 1. The fraction of sp³-hybridized carbons (Fsp3) is 0.385. The standard InChI is InChI=1S/C26H31N3O6/c1-3-33-23-15-22(29-9-11-32-12-10-29)24(34-4-2)14-21(23)28-25(30)17-35-26(31)13-18-16-27-20-8-6-5-7-19(18)20/h5-8,14-16,27H,3-4,9-13,17H2,1-2H3,(H,28,30). The Labute approximate surface area is 204 Å². The lowest BCUT2D eigenvalue weighted by Crippen LogP contribution is -2.36. The van der Waals surface area contributed by atoms with Crippen LogP contribution in [-0.4, -0.2) is 63.0 Å². The van der Waals surface area contributed by atoms with Gasteiger partial charge in [0, 0.05) is 42.3 Å². The molecule has 3 aromatic rings. The minimum atomic E-state index is -0.479. The molecule has 0 spiro atoms. The predicted molar refractivity (Wildman–Crippen MR) is 133 cm³/mol. The lowest BCUT2D eigenvalue weighted by atomic mass is 10.1. The fourth-order valence-corrected chi connectivity index (χ4v) is 4.06. The summed E-state index contributed by atoms with van der Waals surface area (Å²) in [6.45, 7) is 7.04. The summed E-state index contributed by atoms with van der Waals surface area (Å²) in [6.07, 6.45) is 1.86. The highest BCUT2D eigenvalue weighted by Gasteiger charge is 2.21. The summed E-state index contributed by atoms with van der Waals surface area (Å²) >= 11 is 0. The zero-order chi connectivity index (χ0) is 24.6. The van der Waals surface area contributed by atoms with Crippen LogP contribution < -0.4 is 19.7 Å². The van der Waals surface area contributed by atoms with Crippen molar-refractivity contribution >= 4 is 34.2 Å². The van der Waals surface area contributed by atoms with E-state index in [-0.39, 0.29) is 6.42 Å². The van der Waals surface area contributed by atoms with Gasteiger partial charge in [-0.1, -0.05) is 18.2 Å². The van der Waals surface area contributed by atoms with Gasteiger partial charge in [-0.2, -0.15) is 0 Å². The van der Waals surface area contributed by atoms with Gasteiger partial charge >= 0.3 is 5.97 Å².